The van der Waals surface area contributed by atoms with Gasteiger partial charge >= 0.3 is 7.48 Å². The zero-order valence-corrected chi connectivity index (χ0v) is 15.4. The van der Waals surface area contributed by atoms with Crippen molar-refractivity contribution in [3.63, 3.8) is 0 Å². The van der Waals surface area contributed by atoms with E-state index in [-0.39, 0.29) is 0 Å². The van der Waals surface area contributed by atoms with Crippen LogP contribution >= 0.6 is 0 Å². The highest BCUT2D eigenvalue weighted by Gasteiger charge is 2.35. The van der Waals surface area contributed by atoms with E-state index in [1.54, 1.807) is 13.8 Å². The summed E-state index contributed by atoms with van der Waals surface area (Å²) in [6.45, 7) is 7.39. The maximum atomic E-state index is 10.2. The third-order valence-corrected chi connectivity index (χ3v) is 5.10. The second-order valence-corrected chi connectivity index (χ2v) is 7.59. The van der Waals surface area contributed by atoms with Gasteiger partial charge in [0.2, 0.25) is 0 Å². The van der Waals surface area contributed by atoms with Crippen molar-refractivity contribution in [1.29, 1.82) is 0 Å². The van der Waals surface area contributed by atoms with E-state index in [1.165, 1.54) is 21.9 Å². The Labute approximate surface area is 150 Å². The van der Waals surface area contributed by atoms with Crippen LogP contribution in [0.5, 0.6) is 0 Å². The van der Waals surface area contributed by atoms with E-state index in [0.717, 1.165) is 5.46 Å². The van der Waals surface area contributed by atoms with Crippen LogP contribution in [0, 0.1) is 0 Å². The molecule has 1 N–H and O–H groups in total. The summed E-state index contributed by atoms with van der Waals surface area (Å²) >= 11 is 0. The quantitative estimate of drug-likeness (QED) is 0.714. The predicted octanol–water partition coefficient (Wildman–Crippen LogP) is 4.05. The molecule has 0 saturated carbocycles. The van der Waals surface area contributed by atoms with Crippen molar-refractivity contribution in [2.75, 3.05) is 0 Å². The first-order valence-electron chi connectivity index (χ1n) is 8.71. The molecule has 3 heteroatoms. The first kappa shape index (κ1) is 17.7. The van der Waals surface area contributed by atoms with Crippen LogP contribution in [0.15, 0.2) is 66.7 Å². The van der Waals surface area contributed by atoms with Gasteiger partial charge in [0.25, 0.3) is 0 Å². The Kier molecular flexibility index (Phi) is 4.72. The van der Waals surface area contributed by atoms with Crippen LogP contribution in [0.3, 0.4) is 0 Å². The lowest BCUT2D eigenvalue weighted by atomic mass is 9.81. The zero-order chi connectivity index (χ0) is 18.1. The van der Waals surface area contributed by atoms with Crippen LogP contribution in [-0.4, -0.2) is 23.8 Å². The fourth-order valence-corrected chi connectivity index (χ4v) is 2.75. The maximum Gasteiger partial charge on any atom is 0.309 e. The van der Waals surface area contributed by atoms with Crippen molar-refractivity contribution in [2.45, 2.75) is 38.9 Å². The van der Waals surface area contributed by atoms with Crippen molar-refractivity contribution in [1.82, 2.24) is 0 Å². The molecule has 0 aromatic heterocycles. The largest absolute Gasteiger partial charge is 0.427 e. The monoisotopic (exact) mass is 332 g/mol. The molecule has 0 aliphatic heterocycles. The highest BCUT2D eigenvalue weighted by molar-refractivity contribution is 6.47. The summed E-state index contributed by atoms with van der Waals surface area (Å²) in [6, 6.07) is 23.2. The number of aliphatic hydroxyl groups is 1. The van der Waals surface area contributed by atoms with Gasteiger partial charge in [0.15, 0.2) is 0 Å². The highest BCUT2D eigenvalue weighted by Crippen LogP contribution is 2.28. The fraction of sp³-hybridized carbons (Fsp3) is 0.273. The lowest BCUT2D eigenvalue weighted by Crippen LogP contribution is -2.49. The molecule has 0 atom stereocenters. The van der Waals surface area contributed by atoms with Crippen LogP contribution < -0.4 is 5.46 Å². The van der Waals surface area contributed by atoms with Crippen LogP contribution in [0.2, 0.25) is 0 Å². The normalized spacial score (nSPS) is 12.4. The van der Waals surface area contributed by atoms with E-state index in [1.807, 2.05) is 13.8 Å². The minimum absolute atomic E-state index is 0.468. The molecular formula is C22H25BO2. The molecular weight excluding hydrogens is 307 g/mol. The molecule has 0 heterocycles. The van der Waals surface area contributed by atoms with Gasteiger partial charge in [0.1, 0.15) is 0 Å². The van der Waals surface area contributed by atoms with Gasteiger partial charge in [-0.1, -0.05) is 72.2 Å². The van der Waals surface area contributed by atoms with E-state index >= 15 is 0 Å². The Morgan fingerprint density at radius 1 is 0.840 bits per heavy atom. The number of hydrogen-bond acceptors (Lipinski definition) is 2. The van der Waals surface area contributed by atoms with Gasteiger partial charge in [-0.25, -0.2) is 0 Å². The SMILES string of the molecule is CC(C)(O)C(C)(C)OBc1cccc(-c2cccc3ccccc23)c1. The molecule has 0 unspecified atom stereocenters. The van der Waals surface area contributed by atoms with Gasteiger partial charge in [-0.05, 0) is 49.6 Å². The lowest BCUT2D eigenvalue weighted by Gasteiger charge is -2.37. The summed E-state index contributed by atoms with van der Waals surface area (Å²) < 4.78 is 6.01. The van der Waals surface area contributed by atoms with Crippen molar-refractivity contribution in [2.24, 2.45) is 0 Å². The van der Waals surface area contributed by atoms with E-state index in [9.17, 15) is 5.11 Å². The standard InChI is InChI=1S/C22H25BO2/c1-21(2,24)22(3,4)25-23-18-12-7-11-17(15-18)20-14-8-10-16-9-5-6-13-19(16)20/h5-15,23-24H,1-4H3. The van der Waals surface area contributed by atoms with E-state index in [4.69, 9.17) is 4.65 Å². The van der Waals surface area contributed by atoms with Crippen molar-refractivity contribution < 1.29 is 9.76 Å². The molecule has 0 aliphatic rings. The maximum absolute atomic E-state index is 10.2. The van der Waals surface area contributed by atoms with E-state index in [0.29, 0.717) is 7.48 Å². The van der Waals surface area contributed by atoms with Crippen LogP contribution in [0.4, 0.5) is 0 Å². The highest BCUT2D eigenvalue weighted by atomic mass is 16.5. The molecule has 0 spiro atoms. The van der Waals surface area contributed by atoms with Crippen molar-refractivity contribution in [3.8, 4) is 11.1 Å². The minimum atomic E-state index is -0.903. The summed E-state index contributed by atoms with van der Waals surface area (Å²) in [4.78, 5) is 0. The number of benzene rings is 3. The Morgan fingerprint density at radius 2 is 1.52 bits per heavy atom. The molecule has 3 aromatic carbocycles. The smallest absolute Gasteiger partial charge is 0.309 e. The van der Waals surface area contributed by atoms with Gasteiger partial charge in [0, 0.05) is 0 Å². The topological polar surface area (TPSA) is 29.5 Å². The number of rotatable bonds is 5. The predicted molar refractivity (Wildman–Crippen MR) is 108 cm³/mol. The van der Waals surface area contributed by atoms with Gasteiger partial charge < -0.3 is 9.76 Å². The summed E-state index contributed by atoms with van der Waals surface area (Å²) in [5.41, 5.74) is 1.98. The second-order valence-electron chi connectivity index (χ2n) is 7.59. The molecule has 0 radical (unpaired) electrons. The molecule has 128 valence electrons. The minimum Gasteiger partial charge on any atom is -0.427 e. The Balaban J connectivity index is 1.89. The summed E-state index contributed by atoms with van der Waals surface area (Å²) in [5.74, 6) is 0. The third kappa shape index (κ3) is 3.78. The van der Waals surface area contributed by atoms with Crippen molar-refractivity contribution in [3.05, 3.63) is 66.7 Å². The molecule has 3 aromatic rings. The van der Waals surface area contributed by atoms with Crippen molar-refractivity contribution >= 4 is 23.7 Å². The van der Waals surface area contributed by atoms with Gasteiger partial charge in [-0.3, -0.25) is 0 Å². The van der Waals surface area contributed by atoms with Gasteiger partial charge in [0.05, 0.1) is 11.2 Å². The van der Waals surface area contributed by atoms with Crippen LogP contribution in [0.25, 0.3) is 21.9 Å². The van der Waals surface area contributed by atoms with E-state index < -0.39 is 11.2 Å². The van der Waals surface area contributed by atoms with Gasteiger partial charge in [-0.2, -0.15) is 0 Å². The molecule has 0 amide bonds. The average Bonchev–Trinajstić information content (AvgIpc) is 2.59. The molecule has 0 fully saturated rings. The Bertz CT molecular complexity index is 873. The number of hydrogen-bond donors (Lipinski definition) is 1. The number of fused-ring (bicyclic) bond motifs is 1. The molecule has 0 bridgehead atoms. The molecule has 0 aliphatic carbocycles. The average molecular weight is 332 g/mol. The van der Waals surface area contributed by atoms with Crippen LogP contribution in [-0.2, 0) is 4.65 Å². The Hall–Kier alpha value is -2.10. The third-order valence-electron chi connectivity index (χ3n) is 5.10. The lowest BCUT2D eigenvalue weighted by molar-refractivity contribution is -0.0893. The zero-order valence-electron chi connectivity index (χ0n) is 15.4. The molecule has 25 heavy (non-hydrogen) atoms. The first-order valence-corrected chi connectivity index (χ1v) is 8.71. The first-order chi connectivity index (χ1) is 11.8. The molecule has 2 nitrogen and oxygen atoms in total. The summed E-state index contributed by atoms with van der Waals surface area (Å²) in [5, 5.41) is 12.7. The van der Waals surface area contributed by atoms with E-state index in [2.05, 4.69) is 66.7 Å². The molecule has 0 saturated heterocycles. The molecule has 3 rings (SSSR count). The second kappa shape index (κ2) is 6.66. The Morgan fingerprint density at radius 3 is 2.28 bits per heavy atom. The summed E-state index contributed by atoms with van der Waals surface area (Å²) in [6.07, 6.45) is 0. The van der Waals surface area contributed by atoms with Crippen LogP contribution in [0.1, 0.15) is 27.7 Å². The fourth-order valence-electron chi connectivity index (χ4n) is 2.75. The summed E-state index contributed by atoms with van der Waals surface area (Å²) in [7, 11) is 0.468. The van der Waals surface area contributed by atoms with Gasteiger partial charge in [-0.15, -0.1) is 0 Å².